The standard InChI is InChI=1S/C7H9N.C2H6.CH5N/c1-6-4-2-3-5-7(6)8;2*1-2/h2-5H,8H2,1H3;1-2H3;2H2,1H3. The van der Waals surface area contributed by atoms with Gasteiger partial charge in [-0.05, 0) is 25.6 Å². The first kappa shape index (κ1) is 13.6. The van der Waals surface area contributed by atoms with Crippen molar-refractivity contribution in [1.29, 1.82) is 0 Å². The quantitative estimate of drug-likeness (QED) is 0.583. The van der Waals surface area contributed by atoms with Crippen molar-refractivity contribution >= 4 is 5.69 Å². The molecule has 4 N–H and O–H groups in total. The number of nitrogen functional groups attached to an aromatic ring is 1. The molecule has 0 fully saturated rings. The van der Waals surface area contributed by atoms with Gasteiger partial charge in [0.05, 0.1) is 0 Å². The highest BCUT2D eigenvalue weighted by Crippen LogP contribution is 2.06. The van der Waals surface area contributed by atoms with Crippen LogP contribution in [0.5, 0.6) is 0 Å². The van der Waals surface area contributed by atoms with Crippen molar-refractivity contribution in [2.24, 2.45) is 5.73 Å². The highest BCUT2D eigenvalue weighted by Gasteiger charge is 1.84. The molecule has 1 aromatic rings. The first-order valence-corrected chi connectivity index (χ1v) is 4.19. The minimum Gasteiger partial charge on any atom is -0.399 e. The molecule has 0 spiro atoms. The normalized spacial score (nSPS) is 7.08. The van der Waals surface area contributed by atoms with E-state index in [9.17, 15) is 0 Å². The van der Waals surface area contributed by atoms with Gasteiger partial charge in [-0.3, -0.25) is 0 Å². The Balaban J connectivity index is 0. The van der Waals surface area contributed by atoms with Crippen LogP contribution < -0.4 is 11.5 Å². The van der Waals surface area contributed by atoms with Gasteiger partial charge in [-0.2, -0.15) is 0 Å². The molecule has 0 aliphatic heterocycles. The number of hydrogen-bond donors (Lipinski definition) is 2. The van der Waals surface area contributed by atoms with E-state index in [0.29, 0.717) is 0 Å². The highest BCUT2D eigenvalue weighted by atomic mass is 14.5. The minimum absolute atomic E-state index is 0.868. The topological polar surface area (TPSA) is 52.0 Å². The Kier molecular flexibility index (Phi) is 11.3. The number of rotatable bonds is 0. The summed E-state index contributed by atoms with van der Waals surface area (Å²) in [7, 11) is 1.50. The van der Waals surface area contributed by atoms with Crippen LogP contribution in [0.25, 0.3) is 0 Å². The third-order valence-electron chi connectivity index (χ3n) is 1.19. The summed E-state index contributed by atoms with van der Waals surface area (Å²) in [5, 5.41) is 0. The van der Waals surface area contributed by atoms with E-state index in [0.717, 1.165) is 11.3 Å². The van der Waals surface area contributed by atoms with Gasteiger partial charge in [0.1, 0.15) is 0 Å². The molecule has 0 unspecified atom stereocenters. The molecule has 0 heterocycles. The van der Waals surface area contributed by atoms with Crippen LogP contribution in [0.1, 0.15) is 19.4 Å². The van der Waals surface area contributed by atoms with Gasteiger partial charge in [-0.1, -0.05) is 32.0 Å². The Labute approximate surface area is 75.6 Å². The molecule has 0 aliphatic carbocycles. The number of hydrogen-bond acceptors (Lipinski definition) is 2. The largest absolute Gasteiger partial charge is 0.399 e. The highest BCUT2D eigenvalue weighted by molar-refractivity contribution is 5.44. The molecule has 70 valence electrons. The van der Waals surface area contributed by atoms with E-state index in [1.54, 1.807) is 0 Å². The van der Waals surface area contributed by atoms with Crippen molar-refractivity contribution in [2.75, 3.05) is 12.8 Å². The van der Waals surface area contributed by atoms with Gasteiger partial charge in [0.2, 0.25) is 0 Å². The van der Waals surface area contributed by atoms with Gasteiger partial charge >= 0.3 is 0 Å². The lowest BCUT2D eigenvalue weighted by atomic mass is 10.2. The number of anilines is 1. The molecule has 1 aromatic carbocycles. The maximum absolute atomic E-state index is 5.52. The van der Waals surface area contributed by atoms with E-state index in [1.165, 1.54) is 7.05 Å². The van der Waals surface area contributed by atoms with E-state index in [-0.39, 0.29) is 0 Å². The van der Waals surface area contributed by atoms with E-state index in [1.807, 2.05) is 45.0 Å². The predicted molar refractivity (Wildman–Crippen MR) is 57.1 cm³/mol. The van der Waals surface area contributed by atoms with E-state index in [2.05, 4.69) is 5.73 Å². The molecule has 0 saturated carbocycles. The number of benzene rings is 1. The Bertz CT molecular complexity index is 164. The smallest absolute Gasteiger partial charge is 0.0343 e. The zero-order valence-electron chi connectivity index (χ0n) is 8.46. The Morgan fingerprint density at radius 2 is 1.42 bits per heavy atom. The summed E-state index contributed by atoms with van der Waals surface area (Å²) in [6.45, 7) is 6.00. The zero-order chi connectivity index (χ0) is 9.98. The molecular weight excluding hydrogens is 148 g/mol. The Hall–Kier alpha value is -1.02. The lowest BCUT2D eigenvalue weighted by Crippen LogP contribution is -1.85. The van der Waals surface area contributed by atoms with Gasteiger partial charge < -0.3 is 11.5 Å². The van der Waals surface area contributed by atoms with Crippen LogP contribution in [-0.4, -0.2) is 7.05 Å². The van der Waals surface area contributed by atoms with Gasteiger partial charge in [-0.15, -0.1) is 0 Å². The average molecular weight is 168 g/mol. The summed E-state index contributed by atoms with van der Waals surface area (Å²) < 4.78 is 0. The maximum atomic E-state index is 5.52. The van der Waals surface area contributed by atoms with Crippen molar-refractivity contribution in [2.45, 2.75) is 20.8 Å². The third-order valence-corrected chi connectivity index (χ3v) is 1.19. The lowest BCUT2D eigenvalue weighted by Gasteiger charge is -1.93. The van der Waals surface area contributed by atoms with Crippen molar-refractivity contribution < 1.29 is 0 Å². The predicted octanol–water partition coefficient (Wildman–Crippen LogP) is 2.18. The monoisotopic (exact) mass is 168 g/mol. The maximum Gasteiger partial charge on any atom is 0.0343 e. The summed E-state index contributed by atoms with van der Waals surface area (Å²) in [5.41, 5.74) is 12.0. The fourth-order valence-corrected chi connectivity index (χ4v) is 0.587. The van der Waals surface area contributed by atoms with Gasteiger partial charge in [-0.25, -0.2) is 0 Å². The fourth-order valence-electron chi connectivity index (χ4n) is 0.587. The minimum atomic E-state index is 0.868. The molecule has 0 saturated heterocycles. The summed E-state index contributed by atoms with van der Waals surface area (Å²) in [4.78, 5) is 0. The Morgan fingerprint density at radius 3 is 1.67 bits per heavy atom. The first-order chi connectivity index (χ1) is 5.80. The van der Waals surface area contributed by atoms with E-state index < -0.39 is 0 Å². The number of aryl methyl sites for hydroxylation is 1. The van der Waals surface area contributed by atoms with Crippen LogP contribution in [-0.2, 0) is 0 Å². The number of para-hydroxylation sites is 1. The summed E-state index contributed by atoms with van der Waals surface area (Å²) in [6.07, 6.45) is 0. The first-order valence-electron chi connectivity index (χ1n) is 4.19. The van der Waals surface area contributed by atoms with Crippen LogP contribution >= 0.6 is 0 Å². The van der Waals surface area contributed by atoms with Crippen LogP contribution in [0.4, 0.5) is 5.69 Å². The van der Waals surface area contributed by atoms with Gasteiger partial charge in [0, 0.05) is 5.69 Å². The molecular formula is C10H20N2. The molecule has 0 atom stereocenters. The molecule has 2 heteroatoms. The fraction of sp³-hybridized carbons (Fsp3) is 0.400. The third kappa shape index (κ3) is 5.74. The molecule has 0 radical (unpaired) electrons. The second-order valence-corrected chi connectivity index (χ2v) is 1.86. The van der Waals surface area contributed by atoms with Crippen molar-refractivity contribution in [3.8, 4) is 0 Å². The average Bonchev–Trinajstić information content (AvgIpc) is 2.17. The SMILES string of the molecule is CC.CN.Cc1ccccc1N. The molecule has 12 heavy (non-hydrogen) atoms. The van der Waals surface area contributed by atoms with Crippen LogP contribution in [0, 0.1) is 6.92 Å². The molecule has 0 amide bonds. The molecule has 0 aliphatic rings. The molecule has 0 bridgehead atoms. The van der Waals surface area contributed by atoms with Gasteiger partial charge in [0.25, 0.3) is 0 Å². The second-order valence-electron chi connectivity index (χ2n) is 1.86. The van der Waals surface area contributed by atoms with Crippen LogP contribution in [0.3, 0.4) is 0 Å². The summed E-state index contributed by atoms with van der Waals surface area (Å²) >= 11 is 0. The second kappa shape index (κ2) is 9.98. The molecule has 0 aromatic heterocycles. The summed E-state index contributed by atoms with van der Waals surface area (Å²) in [5.74, 6) is 0. The van der Waals surface area contributed by atoms with E-state index in [4.69, 9.17) is 5.73 Å². The van der Waals surface area contributed by atoms with Crippen molar-refractivity contribution in [1.82, 2.24) is 0 Å². The lowest BCUT2D eigenvalue weighted by molar-refractivity contribution is 1.47. The number of nitrogens with two attached hydrogens (primary N) is 2. The summed E-state index contributed by atoms with van der Waals surface area (Å²) in [6, 6.07) is 7.80. The molecule has 1 rings (SSSR count). The van der Waals surface area contributed by atoms with Crippen LogP contribution in [0.15, 0.2) is 24.3 Å². The van der Waals surface area contributed by atoms with Crippen molar-refractivity contribution in [3.05, 3.63) is 29.8 Å². The molecule has 2 nitrogen and oxygen atoms in total. The van der Waals surface area contributed by atoms with Gasteiger partial charge in [0.15, 0.2) is 0 Å². The van der Waals surface area contributed by atoms with E-state index >= 15 is 0 Å². The zero-order valence-corrected chi connectivity index (χ0v) is 8.46. The van der Waals surface area contributed by atoms with Crippen LogP contribution in [0.2, 0.25) is 0 Å². The van der Waals surface area contributed by atoms with Crippen molar-refractivity contribution in [3.63, 3.8) is 0 Å². The Morgan fingerprint density at radius 1 is 1.00 bits per heavy atom.